The Morgan fingerprint density at radius 1 is 1.33 bits per heavy atom. The van der Waals surface area contributed by atoms with E-state index in [9.17, 15) is 9.60 Å². The number of hydrogen-bond donors (Lipinski definition) is 2. The van der Waals surface area contributed by atoms with Crippen molar-refractivity contribution in [2.75, 3.05) is 5.32 Å². The van der Waals surface area contributed by atoms with Crippen molar-refractivity contribution in [2.45, 2.75) is 13.0 Å². The molecule has 0 aliphatic carbocycles. The third-order valence-corrected chi connectivity index (χ3v) is 3.43. The number of aryl methyl sites for hydroxylation is 2. The second-order valence-corrected chi connectivity index (χ2v) is 5.12. The van der Waals surface area contributed by atoms with Gasteiger partial charge in [-0.3, -0.25) is 0 Å². The number of nitrogens with zero attached hydrogens (tertiary/aromatic N) is 6. The molecule has 2 N–H and O–H groups in total. The zero-order valence-electron chi connectivity index (χ0n) is 12.1. The van der Waals surface area contributed by atoms with Crippen molar-refractivity contribution in [3.63, 3.8) is 0 Å². The van der Waals surface area contributed by atoms with Gasteiger partial charge in [-0.2, -0.15) is 0 Å². The van der Waals surface area contributed by atoms with E-state index in [0.717, 1.165) is 0 Å². The molecule has 0 saturated heterocycles. The molecule has 1 aromatic carbocycles. The molecule has 0 atom stereocenters. The minimum Gasteiger partial charge on any atom is -0.409 e. The summed E-state index contributed by atoms with van der Waals surface area (Å²) in [7, 11) is 0. The molecule has 0 aliphatic rings. The molecule has 3 aromatic rings. The zero-order chi connectivity index (χ0) is 16.9. The van der Waals surface area contributed by atoms with E-state index in [1.54, 1.807) is 17.2 Å². The molecular weight excluding hydrogens is 341 g/mol. The number of anilines is 1. The lowest BCUT2D eigenvalue weighted by atomic mass is 10.2. The summed E-state index contributed by atoms with van der Waals surface area (Å²) in [5.41, 5.74) is 1.12. The van der Waals surface area contributed by atoms with Gasteiger partial charge in [0.2, 0.25) is 5.84 Å². The second-order valence-electron chi connectivity index (χ2n) is 4.71. The molecule has 24 heavy (non-hydrogen) atoms. The van der Waals surface area contributed by atoms with Crippen LogP contribution in [0.1, 0.15) is 11.4 Å². The first-order valence-corrected chi connectivity index (χ1v) is 7.13. The van der Waals surface area contributed by atoms with Crippen LogP contribution >= 0.6 is 11.6 Å². The molecule has 2 aromatic heterocycles. The van der Waals surface area contributed by atoms with Gasteiger partial charge < -0.3 is 15.1 Å². The van der Waals surface area contributed by atoms with Gasteiger partial charge in [0, 0.05) is 18.7 Å². The summed E-state index contributed by atoms with van der Waals surface area (Å²) in [6.45, 7) is 0.537. The van der Waals surface area contributed by atoms with Gasteiger partial charge in [0.25, 0.3) is 0 Å². The maximum absolute atomic E-state index is 13.2. The van der Waals surface area contributed by atoms with Gasteiger partial charge in [-0.1, -0.05) is 21.9 Å². The van der Waals surface area contributed by atoms with Crippen molar-refractivity contribution in [1.82, 2.24) is 25.1 Å². The molecule has 0 unspecified atom stereocenters. The number of benzene rings is 1. The second kappa shape index (κ2) is 7.04. The van der Waals surface area contributed by atoms with Crippen LogP contribution in [0.3, 0.4) is 0 Å². The zero-order valence-corrected chi connectivity index (χ0v) is 12.9. The van der Waals surface area contributed by atoms with Crippen LogP contribution in [0.4, 0.5) is 10.1 Å². The molecule has 9 nitrogen and oxygen atoms in total. The van der Waals surface area contributed by atoms with E-state index in [-0.39, 0.29) is 16.6 Å². The van der Waals surface area contributed by atoms with E-state index < -0.39 is 5.82 Å². The van der Waals surface area contributed by atoms with Gasteiger partial charge >= 0.3 is 0 Å². The van der Waals surface area contributed by atoms with Crippen molar-refractivity contribution in [3.8, 4) is 0 Å². The number of amidine groups is 1. The summed E-state index contributed by atoms with van der Waals surface area (Å²) in [4.78, 5) is 0. The van der Waals surface area contributed by atoms with Crippen molar-refractivity contribution in [3.05, 3.63) is 53.1 Å². The largest absolute Gasteiger partial charge is 0.409 e. The Hall–Kier alpha value is -3.01. The van der Waals surface area contributed by atoms with Gasteiger partial charge in [-0.05, 0) is 23.4 Å². The van der Waals surface area contributed by atoms with Crippen LogP contribution in [0.25, 0.3) is 0 Å². The molecule has 0 spiro atoms. The SMILES string of the molecule is O/N=C(/Nc1ccc(F)c(Cl)c1)c1nonc1CCn1cnnc1. The molecular formula is C13H11ClFN7O2. The Balaban J connectivity index is 1.76. The van der Waals surface area contributed by atoms with E-state index in [1.165, 1.54) is 18.2 Å². The Morgan fingerprint density at radius 2 is 2.12 bits per heavy atom. The van der Waals surface area contributed by atoms with Crippen LogP contribution in [0.15, 0.2) is 40.6 Å². The lowest BCUT2D eigenvalue weighted by molar-refractivity contribution is 0.300. The number of hydrogen-bond acceptors (Lipinski definition) is 7. The standard InChI is InChI=1S/C13H11ClFN7O2/c14-9-5-8(1-2-10(9)15)18-13(19-23)12-11(20-24-21-12)3-4-22-6-16-17-7-22/h1-2,5-7,23H,3-4H2,(H,18,19). The molecule has 2 heterocycles. The van der Waals surface area contributed by atoms with Gasteiger partial charge in [0.1, 0.15) is 24.2 Å². The lowest BCUT2D eigenvalue weighted by Gasteiger charge is -2.07. The van der Waals surface area contributed by atoms with E-state index in [4.69, 9.17) is 16.2 Å². The summed E-state index contributed by atoms with van der Waals surface area (Å²) in [5, 5.41) is 30.1. The van der Waals surface area contributed by atoms with Crippen LogP contribution < -0.4 is 5.32 Å². The third kappa shape index (κ3) is 3.49. The number of rotatable bonds is 5. The summed E-state index contributed by atoms with van der Waals surface area (Å²) >= 11 is 5.72. The predicted molar refractivity (Wildman–Crippen MR) is 81.4 cm³/mol. The highest BCUT2D eigenvalue weighted by molar-refractivity contribution is 6.31. The fraction of sp³-hybridized carbons (Fsp3) is 0.154. The van der Waals surface area contributed by atoms with Gasteiger partial charge in [-0.25, -0.2) is 9.02 Å². The quantitative estimate of drug-likeness (QED) is 0.312. The summed E-state index contributed by atoms with van der Waals surface area (Å²) < 4.78 is 19.7. The average Bonchev–Trinajstić information content (AvgIpc) is 3.25. The number of oxime groups is 1. The van der Waals surface area contributed by atoms with Gasteiger partial charge in [0.15, 0.2) is 5.69 Å². The summed E-state index contributed by atoms with van der Waals surface area (Å²) in [6, 6.07) is 3.98. The molecule has 124 valence electrons. The Morgan fingerprint density at radius 3 is 2.83 bits per heavy atom. The van der Waals surface area contributed by atoms with E-state index in [2.05, 4.69) is 31.0 Å². The lowest BCUT2D eigenvalue weighted by Crippen LogP contribution is -2.17. The fourth-order valence-electron chi connectivity index (χ4n) is 1.97. The molecule has 0 amide bonds. The van der Waals surface area contributed by atoms with Crippen molar-refractivity contribution in [1.29, 1.82) is 0 Å². The van der Waals surface area contributed by atoms with Crippen LogP contribution in [0.2, 0.25) is 5.02 Å². The fourth-order valence-corrected chi connectivity index (χ4v) is 2.15. The maximum Gasteiger partial charge on any atom is 0.201 e. The smallest absolute Gasteiger partial charge is 0.201 e. The monoisotopic (exact) mass is 351 g/mol. The minimum atomic E-state index is -0.553. The molecule has 11 heteroatoms. The van der Waals surface area contributed by atoms with Crippen LogP contribution in [0.5, 0.6) is 0 Å². The topological polar surface area (TPSA) is 114 Å². The molecule has 0 saturated carbocycles. The van der Waals surface area contributed by atoms with E-state index >= 15 is 0 Å². The molecule has 3 rings (SSSR count). The highest BCUT2D eigenvalue weighted by atomic mass is 35.5. The normalized spacial score (nSPS) is 11.7. The maximum atomic E-state index is 13.2. The highest BCUT2D eigenvalue weighted by Crippen LogP contribution is 2.20. The average molecular weight is 352 g/mol. The molecule has 0 fully saturated rings. The highest BCUT2D eigenvalue weighted by Gasteiger charge is 2.18. The first-order chi connectivity index (χ1) is 11.7. The Labute approximate surface area is 139 Å². The van der Waals surface area contributed by atoms with E-state index in [1.807, 2.05) is 0 Å². The first kappa shape index (κ1) is 15.9. The van der Waals surface area contributed by atoms with Crippen molar-refractivity contribution in [2.24, 2.45) is 5.16 Å². The van der Waals surface area contributed by atoms with Crippen LogP contribution in [-0.4, -0.2) is 36.1 Å². The summed E-state index contributed by atoms with van der Waals surface area (Å²) in [5.74, 6) is -0.555. The Kier molecular flexibility index (Phi) is 4.66. The number of nitrogens with one attached hydrogen (secondary N) is 1. The van der Waals surface area contributed by atoms with Crippen LogP contribution in [0, 0.1) is 5.82 Å². The summed E-state index contributed by atoms with van der Waals surface area (Å²) in [6.07, 6.45) is 3.57. The van der Waals surface area contributed by atoms with E-state index in [0.29, 0.717) is 24.3 Å². The predicted octanol–water partition coefficient (Wildman–Crippen LogP) is 1.94. The molecule has 0 radical (unpaired) electrons. The Bertz CT molecular complexity index is 850. The minimum absolute atomic E-state index is 0.00215. The third-order valence-electron chi connectivity index (χ3n) is 3.14. The first-order valence-electron chi connectivity index (χ1n) is 6.75. The molecule has 0 bridgehead atoms. The van der Waals surface area contributed by atoms with Crippen molar-refractivity contribution >= 4 is 23.1 Å². The number of aromatic nitrogens is 5. The van der Waals surface area contributed by atoms with Gasteiger partial charge in [0.05, 0.1) is 5.02 Å². The van der Waals surface area contributed by atoms with Crippen molar-refractivity contribution < 1.29 is 14.2 Å². The van der Waals surface area contributed by atoms with Crippen LogP contribution in [-0.2, 0) is 13.0 Å². The molecule has 0 aliphatic heterocycles. The number of halogens is 2. The van der Waals surface area contributed by atoms with Gasteiger partial charge in [-0.15, -0.1) is 10.2 Å².